The van der Waals surface area contributed by atoms with Crippen molar-refractivity contribution in [2.24, 2.45) is 17.6 Å². The smallest absolute Gasteiger partial charge is 0.123 e. The summed E-state index contributed by atoms with van der Waals surface area (Å²) >= 11 is 0. The van der Waals surface area contributed by atoms with Crippen molar-refractivity contribution in [1.82, 2.24) is 0 Å². The Labute approximate surface area is 103 Å². The van der Waals surface area contributed by atoms with E-state index in [4.69, 9.17) is 5.73 Å². The average Bonchev–Trinajstić information content (AvgIpc) is 2.93. The van der Waals surface area contributed by atoms with Gasteiger partial charge < -0.3 is 10.6 Å². The Morgan fingerprint density at radius 3 is 2.71 bits per heavy atom. The van der Waals surface area contributed by atoms with E-state index in [0.717, 1.165) is 29.6 Å². The fourth-order valence-corrected chi connectivity index (χ4v) is 2.34. The van der Waals surface area contributed by atoms with Crippen molar-refractivity contribution < 1.29 is 4.39 Å². The maximum atomic E-state index is 13.2. The normalized spacial score (nSPS) is 24.5. The van der Waals surface area contributed by atoms with E-state index >= 15 is 0 Å². The lowest BCUT2D eigenvalue weighted by molar-refractivity contribution is 0.621. The maximum absolute atomic E-state index is 13.2. The van der Waals surface area contributed by atoms with Crippen LogP contribution in [0.4, 0.5) is 10.1 Å². The summed E-state index contributed by atoms with van der Waals surface area (Å²) in [5, 5.41) is 0. The minimum absolute atomic E-state index is 0.139. The maximum Gasteiger partial charge on any atom is 0.123 e. The molecule has 17 heavy (non-hydrogen) atoms. The lowest BCUT2D eigenvalue weighted by Gasteiger charge is -2.24. The first kappa shape index (κ1) is 12.4. The van der Waals surface area contributed by atoms with Gasteiger partial charge in [-0.3, -0.25) is 0 Å². The Balaban J connectivity index is 2.18. The quantitative estimate of drug-likeness (QED) is 0.871. The summed E-state index contributed by atoms with van der Waals surface area (Å²) < 4.78 is 13.2. The van der Waals surface area contributed by atoms with Crippen molar-refractivity contribution in [1.29, 1.82) is 0 Å². The summed E-state index contributed by atoms with van der Waals surface area (Å²) in [6.45, 7) is 5.20. The van der Waals surface area contributed by atoms with Gasteiger partial charge in [0, 0.05) is 25.3 Å². The third-order valence-electron chi connectivity index (χ3n) is 3.68. The first-order valence-corrected chi connectivity index (χ1v) is 6.25. The number of hydrogen-bond acceptors (Lipinski definition) is 2. The van der Waals surface area contributed by atoms with Crippen LogP contribution < -0.4 is 10.6 Å². The molecule has 1 aliphatic rings. The highest BCUT2D eigenvalue weighted by molar-refractivity contribution is 5.54. The van der Waals surface area contributed by atoms with Crippen molar-refractivity contribution >= 4 is 5.69 Å². The summed E-state index contributed by atoms with van der Waals surface area (Å²) in [6, 6.07) is 4.75. The second kappa shape index (κ2) is 4.65. The van der Waals surface area contributed by atoms with Crippen LogP contribution in [0.5, 0.6) is 0 Å². The SMILES string of the molecule is CC1CC1CN(C)c1ccc(F)cc1[C@H](C)N. The van der Waals surface area contributed by atoms with Crippen LogP contribution in [0.15, 0.2) is 18.2 Å². The summed E-state index contributed by atoms with van der Waals surface area (Å²) in [5.41, 5.74) is 7.85. The number of anilines is 1. The topological polar surface area (TPSA) is 29.3 Å². The number of nitrogens with two attached hydrogens (primary N) is 1. The molecule has 2 unspecified atom stereocenters. The first-order valence-electron chi connectivity index (χ1n) is 6.25. The molecule has 2 N–H and O–H groups in total. The first-order chi connectivity index (χ1) is 7.99. The summed E-state index contributed by atoms with van der Waals surface area (Å²) in [7, 11) is 2.06. The van der Waals surface area contributed by atoms with Gasteiger partial charge in [-0.15, -0.1) is 0 Å². The highest BCUT2D eigenvalue weighted by Gasteiger charge is 2.33. The molecule has 3 heteroatoms. The van der Waals surface area contributed by atoms with Crippen LogP contribution >= 0.6 is 0 Å². The Kier molecular flexibility index (Phi) is 3.38. The van der Waals surface area contributed by atoms with Gasteiger partial charge in [-0.1, -0.05) is 6.92 Å². The Morgan fingerprint density at radius 1 is 1.53 bits per heavy atom. The highest BCUT2D eigenvalue weighted by atomic mass is 19.1. The van der Waals surface area contributed by atoms with Gasteiger partial charge in [0.15, 0.2) is 0 Å². The van der Waals surface area contributed by atoms with Crippen LogP contribution in [-0.4, -0.2) is 13.6 Å². The molecule has 2 rings (SSSR count). The van der Waals surface area contributed by atoms with Gasteiger partial charge >= 0.3 is 0 Å². The van der Waals surface area contributed by atoms with Gasteiger partial charge in [0.2, 0.25) is 0 Å². The summed E-state index contributed by atoms with van der Waals surface area (Å²) in [6.07, 6.45) is 1.30. The Hall–Kier alpha value is -1.09. The van der Waals surface area contributed by atoms with E-state index in [2.05, 4.69) is 18.9 Å². The molecule has 0 radical (unpaired) electrons. The van der Waals surface area contributed by atoms with Crippen LogP contribution in [0.3, 0.4) is 0 Å². The van der Waals surface area contributed by atoms with Gasteiger partial charge in [0.05, 0.1) is 0 Å². The third-order valence-corrected chi connectivity index (χ3v) is 3.68. The Bertz CT molecular complexity index is 403. The highest BCUT2D eigenvalue weighted by Crippen LogP contribution is 2.39. The lowest BCUT2D eigenvalue weighted by Crippen LogP contribution is -2.23. The van der Waals surface area contributed by atoms with Crippen molar-refractivity contribution in [2.45, 2.75) is 26.3 Å². The molecule has 0 bridgehead atoms. The van der Waals surface area contributed by atoms with E-state index in [1.165, 1.54) is 12.5 Å². The molecule has 0 saturated heterocycles. The second-order valence-corrected chi connectivity index (χ2v) is 5.35. The minimum atomic E-state index is -0.214. The standard InChI is InChI=1S/C14H21FN2/c1-9-6-11(9)8-17(3)14-5-4-12(15)7-13(14)10(2)16/h4-5,7,9-11H,6,8,16H2,1-3H3/t9?,10-,11?/m0/s1. The summed E-state index contributed by atoms with van der Waals surface area (Å²) in [4.78, 5) is 2.20. The molecule has 1 aromatic rings. The molecule has 1 saturated carbocycles. The molecular weight excluding hydrogens is 215 g/mol. The van der Waals surface area contributed by atoms with Gasteiger partial charge in [0.25, 0.3) is 0 Å². The monoisotopic (exact) mass is 236 g/mol. The van der Waals surface area contributed by atoms with E-state index in [9.17, 15) is 4.39 Å². The number of halogens is 1. The van der Waals surface area contributed by atoms with Crippen molar-refractivity contribution in [2.75, 3.05) is 18.5 Å². The van der Waals surface area contributed by atoms with E-state index in [1.807, 2.05) is 13.0 Å². The van der Waals surface area contributed by atoms with Gasteiger partial charge in [-0.2, -0.15) is 0 Å². The van der Waals surface area contributed by atoms with Gasteiger partial charge in [-0.25, -0.2) is 4.39 Å². The zero-order valence-corrected chi connectivity index (χ0v) is 10.8. The van der Waals surface area contributed by atoms with Crippen molar-refractivity contribution in [3.05, 3.63) is 29.6 Å². The summed E-state index contributed by atoms with van der Waals surface area (Å²) in [5.74, 6) is 1.40. The average molecular weight is 236 g/mol. The Morgan fingerprint density at radius 2 is 2.18 bits per heavy atom. The fourth-order valence-electron chi connectivity index (χ4n) is 2.34. The number of hydrogen-bond donors (Lipinski definition) is 1. The molecule has 0 aliphatic heterocycles. The molecule has 94 valence electrons. The molecule has 1 fully saturated rings. The van der Waals surface area contributed by atoms with E-state index in [-0.39, 0.29) is 11.9 Å². The van der Waals surface area contributed by atoms with Crippen LogP contribution in [-0.2, 0) is 0 Å². The molecule has 1 aliphatic carbocycles. The largest absolute Gasteiger partial charge is 0.374 e. The van der Waals surface area contributed by atoms with Crippen LogP contribution in [0.2, 0.25) is 0 Å². The van der Waals surface area contributed by atoms with Gasteiger partial charge in [0.1, 0.15) is 5.82 Å². The van der Waals surface area contributed by atoms with E-state index in [1.54, 1.807) is 6.07 Å². The number of benzene rings is 1. The lowest BCUT2D eigenvalue weighted by atomic mass is 10.1. The fraction of sp³-hybridized carbons (Fsp3) is 0.571. The predicted octanol–water partition coefficient (Wildman–Crippen LogP) is 2.94. The van der Waals surface area contributed by atoms with Gasteiger partial charge in [-0.05, 0) is 48.9 Å². The number of rotatable bonds is 4. The van der Waals surface area contributed by atoms with Crippen LogP contribution in [0.25, 0.3) is 0 Å². The van der Waals surface area contributed by atoms with Crippen LogP contribution in [0.1, 0.15) is 31.9 Å². The molecule has 3 atom stereocenters. The zero-order valence-electron chi connectivity index (χ0n) is 10.8. The molecular formula is C14H21FN2. The van der Waals surface area contributed by atoms with Crippen LogP contribution in [0, 0.1) is 17.7 Å². The second-order valence-electron chi connectivity index (χ2n) is 5.35. The molecule has 0 aromatic heterocycles. The third kappa shape index (κ3) is 2.78. The molecule has 2 nitrogen and oxygen atoms in total. The van der Waals surface area contributed by atoms with Crippen molar-refractivity contribution in [3.63, 3.8) is 0 Å². The molecule has 0 amide bonds. The number of nitrogens with zero attached hydrogens (tertiary/aromatic N) is 1. The zero-order chi connectivity index (χ0) is 12.6. The van der Waals surface area contributed by atoms with Crippen molar-refractivity contribution in [3.8, 4) is 0 Å². The molecule has 0 heterocycles. The molecule has 0 spiro atoms. The van der Waals surface area contributed by atoms with E-state index in [0.29, 0.717) is 0 Å². The van der Waals surface area contributed by atoms with E-state index < -0.39 is 0 Å². The molecule has 1 aromatic carbocycles. The predicted molar refractivity (Wildman–Crippen MR) is 69.5 cm³/mol. The minimum Gasteiger partial charge on any atom is -0.374 e.